The second kappa shape index (κ2) is 8.61. The second-order valence-corrected chi connectivity index (χ2v) is 7.61. The molecule has 2 heterocycles. The number of amidine groups is 1. The van der Waals surface area contributed by atoms with E-state index in [4.69, 9.17) is 11.6 Å². The number of hydrogen-bond acceptors (Lipinski definition) is 5. The van der Waals surface area contributed by atoms with Crippen molar-refractivity contribution in [2.45, 2.75) is 19.5 Å². The molecule has 0 saturated heterocycles. The number of imide groups is 1. The van der Waals surface area contributed by atoms with Crippen molar-refractivity contribution in [3.8, 4) is 0 Å². The number of aliphatic imine (C=N–C) groups is 2. The van der Waals surface area contributed by atoms with Gasteiger partial charge in [0.1, 0.15) is 12.8 Å². The van der Waals surface area contributed by atoms with Gasteiger partial charge in [-0.2, -0.15) is 9.48 Å². The van der Waals surface area contributed by atoms with Gasteiger partial charge in [-0.1, -0.05) is 35.9 Å². The molecule has 1 unspecified atom stereocenters. The number of anilines is 1. The lowest BCUT2D eigenvalue weighted by Crippen LogP contribution is -2.57. The molecule has 0 aromatic heterocycles. The van der Waals surface area contributed by atoms with Crippen molar-refractivity contribution in [3.05, 3.63) is 64.7 Å². The fourth-order valence-electron chi connectivity index (χ4n) is 3.38. The summed E-state index contributed by atoms with van der Waals surface area (Å²) in [5, 5.41) is 3.33. The minimum absolute atomic E-state index is 0.0356. The van der Waals surface area contributed by atoms with Crippen LogP contribution in [0.25, 0.3) is 0 Å². The molecule has 2 aliphatic heterocycles. The fourth-order valence-corrected chi connectivity index (χ4v) is 3.51. The maximum atomic E-state index is 13.2. The van der Waals surface area contributed by atoms with Crippen molar-refractivity contribution in [1.29, 1.82) is 0 Å². The highest BCUT2D eigenvalue weighted by atomic mass is 35.5. The second-order valence-electron chi connectivity index (χ2n) is 7.17. The van der Waals surface area contributed by atoms with Crippen molar-refractivity contribution in [3.63, 3.8) is 0 Å². The number of amides is 4. The molecule has 0 saturated carbocycles. The SMILES string of the molecule is Cc1cccc(NC(=O)C[N+]2=C3N=CC=NC3C(=O)N(Cc3ccc(Cl)cc3)C2=O)c1. The Labute approximate surface area is 183 Å². The summed E-state index contributed by atoms with van der Waals surface area (Å²) in [5.74, 6) is -0.751. The summed E-state index contributed by atoms with van der Waals surface area (Å²) in [4.78, 5) is 48.2. The lowest BCUT2D eigenvalue weighted by Gasteiger charge is -2.26. The number of carbonyl (C=O) groups is 3. The van der Waals surface area contributed by atoms with Crippen LogP contribution in [0.3, 0.4) is 0 Å². The Kier molecular flexibility index (Phi) is 5.73. The van der Waals surface area contributed by atoms with Gasteiger partial charge < -0.3 is 5.32 Å². The largest absolute Gasteiger partial charge is 0.446 e. The summed E-state index contributed by atoms with van der Waals surface area (Å²) in [6.45, 7) is 1.66. The van der Waals surface area contributed by atoms with E-state index in [1.165, 1.54) is 17.0 Å². The predicted molar refractivity (Wildman–Crippen MR) is 118 cm³/mol. The van der Waals surface area contributed by atoms with Gasteiger partial charge in [0.15, 0.2) is 6.54 Å². The smallest absolute Gasteiger partial charge is 0.323 e. The molecule has 0 bridgehead atoms. The first kappa shape index (κ1) is 20.6. The zero-order valence-electron chi connectivity index (χ0n) is 16.7. The van der Waals surface area contributed by atoms with E-state index < -0.39 is 23.9 Å². The zero-order chi connectivity index (χ0) is 22.0. The van der Waals surface area contributed by atoms with Gasteiger partial charge in [0, 0.05) is 10.7 Å². The van der Waals surface area contributed by atoms with Crippen LogP contribution in [-0.2, 0) is 16.1 Å². The van der Waals surface area contributed by atoms with Crippen molar-refractivity contribution in [2.75, 3.05) is 11.9 Å². The first-order valence-electron chi connectivity index (χ1n) is 9.59. The minimum Gasteiger partial charge on any atom is -0.323 e. The molecule has 4 rings (SSSR count). The Morgan fingerprint density at radius 3 is 2.68 bits per heavy atom. The van der Waals surface area contributed by atoms with E-state index in [0.29, 0.717) is 10.7 Å². The number of fused-ring (bicyclic) bond motifs is 1. The highest BCUT2D eigenvalue weighted by Gasteiger charge is 2.48. The van der Waals surface area contributed by atoms with Crippen LogP contribution in [0.1, 0.15) is 11.1 Å². The lowest BCUT2D eigenvalue weighted by atomic mass is 10.1. The third-order valence-electron chi connectivity index (χ3n) is 4.85. The molecular formula is C22H19ClN5O3+. The molecule has 4 amide bonds. The van der Waals surface area contributed by atoms with Crippen LogP contribution in [0.4, 0.5) is 10.5 Å². The molecular weight excluding hydrogens is 418 g/mol. The third kappa shape index (κ3) is 4.44. The topological polar surface area (TPSA) is 94.2 Å². The van der Waals surface area contributed by atoms with E-state index >= 15 is 0 Å². The quantitative estimate of drug-likeness (QED) is 0.730. The average molecular weight is 437 g/mol. The number of carbonyl (C=O) groups excluding carboxylic acids is 3. The third-order valence-corrected chi connectivity index (χ3v) is 5.10. The van der Waals surface area contributed by atoms with Gasteiger partial charge in [-0.05, 0) is 42.3 Å². The molecule has 2 aromatic carbocycles. The Morgan fingerprint density at radius 2 is 1.94 bits per heavy atom. The molecule has 1 atom stereocenters. The van der Waals surface area contributed by atoms with Crippen molar-refractivity contribution in [1.82, 2.24) is 4.90 Å². The Morgan fingerprint density at radius 1 is 1.16 bits per heavy atom. The van der Waals surface area contributed by atoms with Crippen molar-refractivity contribution >= 4 is 53.4 Å². The first-order chi connectivity index (χ1) is 14.9. The summed E-state index contributed by atoms with van der Waals surface area (Å²) >= 11 is 5.92. The maximum absolute atomic E-state index is 13.2. The molecule has 1 N–H and O–H groups in total. The molecule has 0 radical (unpaired) electrons. The summed E-state index contributed by atoms with van der Waals surface area (Å²) in [6, 6.07) is 12.6. The van der Waals surface area contributed by atoms with Crippen LogP contribution in [0, 0.1) is 6.92 Å². The van der Waals surface area contributed by atoms with Crippen LogP contribution < -0.4 is 5.32 Å². The van der Waals surface area contributed by atoms with Crippen LogP contribution in [0.2, 0.25) is 5.02 Å². The summed E-state index contributed by atoms with van der Waals surface area (Å²) in [7, 11) is 0. The summed E-state index contributed by atoms with van der Waals surface area (Å²) < 4.78 is 1.19. The number of nitrogens with one attached hydrogen (secondary N) is 1. The van der Waals surface area contributed by atoms with Crippen LogP contribution >= 0.6 is 11.6 Å². The van der Waals surface area contributed by atoms with Gasteiger partial charge in [0.25, 0.3) is 11.7 Å². The standard InChI is InChI=1S/C22H18ClN5O3/c1-14-3-2-4-17(11-14)26-18(29)13-27-20-19(24-9-10-25-20)21(30)28(22(27)31)12-15-5-7-16(23)8-6-15/h2-11,19H,12-13H2,1H3/p+1. The van der Waals surface area contributed by atoms with Crippen LogP contribution in [-0.4, -0.2) is 58.2 Å². The number of halogens is 1. The Bertz CT molecular complexity index is 1150. The molecule has 2 aliphatic rings. The normalized spacial score (nSPS) is 17.7. The maximum Gasteiger partial charge on any atom is 0.446 e. The molecule has 9 heteroatoms. The van der Waals surface area contributed by atoms with Gasteiger partial charge in [-0.3, -0.25) is 14.6 Å². The molecule has 0 fully saturated rings. The van der Waals surface area contributed by atoms with E-state index in [9.17, 15) is 14.4 Å². The summed E-state index contributed by atoms with van der Waals surface area (Å²) in [5.41, 5.74) is 2.34. The van der Waals surface area contributed by atoms with E-state index in [-0.39, 0.29) is 18.9 Å². The van der Waals surface area contributed by atoms with Gasteiger partial charge in [-0.15, -0.1) is 4.99 Å². The molecule has 2 aromatic rings. The molecule has 156 valence electrons. The van der Waals surface area contributed by atoms with E-state index in [1.807, 2.05) is 25.1 Å². The monoisotopic (exact) mass is 436 g/mol. The van der Waals surface area contributed by atoms with Crippen molar-refractivity contribution in [2.24, 2.45) is 9.98 Å². The van der Waals surface area contributed by atoms with Gasteiger partial charge >= 0.3 is 11.9 Å². The number of hydrogen-bond donors (Lipinski definition) is 1. The number of rotatable bonds is 5. The van der Waals surface area contributed by atoms with Crippen molar-refractivity contribution < 1.29 is 19.0 Å². The molecule has 8 nitrogen and oxygen atoms in total. The number of aryl methyl sites for hydroxylation is 1. The summed E-state index contributed by atoms with van der Waals surface area (Å²) in [6.07, 6.45) is 2.81. The Hall–Kier alpha value is -3.65. The average Bonchev–Trinajstić information content (AvgIpc) is 2.75. The highest BCUT2D eigenvalue weighted by molar-refractivity contribution is 6.30. The predicted octanol–water partition coefficient (Wildman–Crippen LogP) is 2.68. The number of benzene rings is 2. The Balaban J connectivity index is 1.61. The van der Waals surface area contributed by atoms with Crippen LogP contribution in [0.15, 0.2) is 58.5 Å². The molecule has 0 spiro atoms. The van der Waals surface area contributed by atoms with E-state index in [2.05, 4.69) is 15.3 Å². The number of nitrogens with zero attached hydrogens (tertiary/aromatic N) is 4. The number of urea groups is 1. The van der Waals surface area contributed by atoms with Gasteiger partial charge in [0.05, 0.1) is 6.21 Å². The molecule has 0 aliphatic carbocycles. The van der Waals surface area contributed by atoms with Crippen LogP contribution in [0.5, 0.6) is 0 Å². The first-order valence-corrected chi connectivity index (χ1v) is 9.96. The van der Waals surface area contributed by atoms with E-state index in [0.717, 1.165) is 16.0 Å². The lowest BCUT2D eigenvalue weighted by molar-refractivity contribution is -0.429. The fraction of sp³-hybridized carbons (Fsp3) is 0.182. The highest BCUT2D eigenvalue weighted by Crippen LogP contribution is 2.19. The van der Waals surface area contributed by atoms with Gasteiger partial charge in [0.2, 0.25) is 6.04 Å². The van der Waals surface area contributed by atoms with E-state index in [1.54, 1.807) is 30.3 Å². The molecule has 31 heavy (non-hydrogen) atoms. The zero-order valence-corrected chi connectivity index (χ0v) is 17.4. The minimum atomic E-state index is -0.971. The van der Waals surface area contributed by atoms with Gasteiger partial charge in [-0.25, -0.2) is 4.79 Å².